The fraction of sp³-hybridized carbons (Fsp3) is 0.222. The number of piperidine rings is 1. The van der Waals surface area contributed by atoms with Crippen LogP contribution in [0.4, 0.5) is 10.1 Å². The van der Waals surface area contributed by atoms with Crippen LogP contribution in [0.2, 0.25) is 0 Å². The van der Waals surface area contributed by atoms with Gasteiger partial charge in [0, 0.05) is 29.7 Å². The number of aliphatic hydroxyl groups excluding tert-OH is 1. The molecule has 3 aromatic carbocycles. The molecule has 36 heavy (non-hydrogen) atoms. The van der Waals surface area contributed by atoms with Crippen LogP contribution >= 0.6 is 15.9 Å². The van der Waals surface area contributed by atoms with Crippen molar-refractivity contribution in [3.05, 3.63) is 99.3 Å². The summed E-state index contributed by atoms with van der Waals surface area (Å²) in [5, 5.41) is 16.4. The topological polar surface area (TPSA) is 94.0 Å². The SMILES string of the molecule is O=C(Nc1ccc(Br)cc1C(=O)NN=Cc1ccc(F)cc1)c1ccc(CN2CCC(O)CC2)cc1. The first-order chi connectivity index (χ1) is 17.4. The van der Waals surface area contributed by atoms with Crippen LogP contribution in [0.5, 0.6) is 0 Å². The van der Waals surface area contributed by atoms with E-state index in [1.807, 2.05) is 12.1 Å². The second-order valence-electron chi connectivity index (χ2n) is 8.60. The third kappa shape index (κ3) is 7.07. The number of carbonyl (C=O) groups excluding carboxylic acids is 2. The average Bonchev–Trinajstić information content (AvgIpc) is 2.88. The molecule has 186 valence electrons. The summed E-state index contributed by atoms with van der Waals surface area (Å²) in [6.07, 6.45) is 2.75. The molecule has 0 atom stereocenters. The fourth-order valence-electron chi connectivity index (χ4n) is 3.88. The minimum absolute atomic E-state index is 0.209. The molecule has 1 aliphatic rings. The molecule has 0 bridgehead atoms. The van der Waals surface area contributed by atoms with E-state index in [2.05, 4.69) is 36.7 Å². The van der Waals surface area contributed by atoms with E-state index in [0.29, 0.717) is 21.3 Å². The molecular formula is C27H26BrFN4O3. The highest BCUT2D eigenvalue weighted by molar-refractivity contribution is 9.10. The lowest BCUT2D eigenvalue weighted by atomic mass is 10.1. The predicted molar refractivity (Wildman–Crippen MR) is 141 cm³/mol. The maximum Gasteiger partial charge on any atom is 0.273 e. The van der Waals surface area contributed by atoms with E-state index in [4.69, 9.17) is 0 Å². The highest BCUT2D eigenvalue weighted by Gasteiger charge is 2.18. The van der Waals surface area contributed by atoms with Crippen molar-refractivity contribution in [2.24, 2.45) is 5.10 Å². The fourth-order valence-corrected chi connectivity index (χ4v) is 4.24. The second-order valence-corrected chi connectivity index (χ2v) is 9.51. The number of hydrogen-bond acceptors (Lipinski definition) is 5. The van der Waals surface area contributed by atoms with E-state index in [9.17, 15) is 19.1 Å². The van der Waals surface area contributed by atoms with Crippen molar-refractivity contribution in [3.63, 3.8) is 0 Å². The van der Waals surface area contributed by atoms with Crippen LogP contribution in [0.3, 0.4) is 0 Å². The number of nitrogens with zero attached hydrogens (tertiary/aromatic N) is 2. The van der Waals surface area contributed by atoms with Gasteiger partial charge in [0.25, 0.3) is 11.8 Å². The monoisotopic (exact) mass is 552 g/mol. The number of likely N-dealkylation sites (tertiary alicyclic amines) is 1. The summed E-state index contributed by atoms with van der Waals surface area (Å²) in [5.41, 5.74) is 5.19. The first kappa shape index (κ1) is 25.7. The number of aliphatic hydroxyl groups is 1. The molecule has 1 heterocycles. The van der Waals surface area contributed by atoms with E-state index in [1.165, 1.54) is 30.5 Å². The van der Waals surface area contributed by atoms with Gasteiger partial charge >= 0.3 is 0 Å². The van der Waals surface area contributed by atoms with E-state index < -0.39 is 5.91 Å². The molecule has 0 aromatic heterocycles. The minimum atomic E-state index is -0.507. The molecule has 1 saturated heterocycles. The molecule has 0 unspecified atom stereocenters. The van der Waals surface area contributed by atoms with E-state index in [0.717, 1.165) is 38.0 Å². The summed E-state index contributed by atoms with van der Waals surface area (Å²) in [6, 6.07) is 18.0. The van der Waals surface area contributed by atoms with Crippen molar-refractivity contribution in [2.45, 2.75) is 25.5 Å². The molecular weight excluding hydrogens is 527 g/mol. The van der Waals surface area contributed by atoms with Gasteiger partial charge in [-0.05, 0) is 66.4 Å². The quantitative estimate of drug-likeness (QED) is 0.296. The predicted octanol–water partition coefficient (Wildman–Crippen LogP) is 4.56. The second kappa shape index (κ2) is 12.0. The third-order valence-electron chi connectivity index (χ3n) is 5.90. The Balaban J connectivity index is 1.39. The van der Waals surface area contributed by atoms with Crippen LogP contribution in [0, 0.1) is 5.82 Å². The Kier molecular flexibility index (Phi) is 8.58. The van der Waals surface area contributed by atoms with Gasteiger partial charge in [-0.25, -0.2) is 9.82 Å². The van der Waals surface area contributed by atoms with Gasteiger partial charge in [0.2, 0.25) is 0 Å². The molecule has 0 spiro atoms. The maximum absolute atomic E-state index is 13.0. The van der Waals surface area contributed by atoms with Crippen LogP contribution in [0.15, 0.2) is 76.3 Å². The zero-order valence-electron chi connectivity index (χ0n) is 19.5. The number of hydrazone groups is 1. The Hall–Kier alpha value is -3.40. The molecule has 4 rings (SSSR count). The van der Waals surface area contributed by atoms with E-state index in [1.54, 1.807) is 30.3 Å². The molecule has 0 saturated carbocycles. The summed E-state index contributed by atoms with van der Waals surface area (Å²) >= 11 is 3.35. The van der Waals surface area contributed by atoms with Crippen molar-refractivity contribution in [3.8, 4) is 0 Å². The van der Waals surface area contributed by atoms with Gasteiger partial charge in [0.1, 0.15) is 5.82 Å². The van der Waals surface area contributed by atoms with E-state index in [-0.39, 0.29) is 23.4 Å². The van der Waals surface area contributed by atoms with Gasteiger partial charge in [0.15, 0.2) is 0 Å². The number of hydrogen-bond donors (Lipinski definition) is 3. The Labute approximate surface area is 217 Å². The van der Waals surface area contributed by atoms with Gasteiger partial charge in [-0.1, -0.05) is 40.2 Å². The van der Waals surface area contributed by atoms with Crippen LogP contribution in [-0.2, 0) is 6.54 Å². The number of anilines is 1. The molecule has 1 fully saturated rings. The Morgan fingerprint density at radius 3 is 2.42 bits per heavy atom. The molecule has 7 nitrogen and oxygen atoms in total. The number of halogens is 2. The molecule has 2 amide bonds. The van der Waals surface area contributed by atoms with Crippen LogP contribution < -0.4 is 10.7 Å². The van der Waals surface area contributed by atoms with Crippen molar-refractivity contribution in [1.29, 1.82) is 0 Å². The first-order valence-electron chi connectivity index (χ1n) is 11.6. The van der Waals surface area contributed by atoms with Gasteiger partial charge < -0.3 is 10.4 Å². The Morgan fingerprint density at radius 2 is 1.72 bits per heavy atom. The molecule has 0 aliphatic carbocycles. The molecule has 0 radical (unpaired) electrons. The third-order valence-corrected chi connectivity index (χ3v) is 6.40. The lowest BCUT2D eigenvalue weighted by Crippen LogP contribution is -2.35. The summed E-state index contributed by atoms with van der Waals surface area (Å²) in [7, 11) is 0. The van der Waals surface area contributed by atoms with Crippen molar-refractivity contribution in [1.82, 2.24) is 10.3 Å². The minimum Gasteiger partial charge on any atom is -0.393 e. The van der Waals surface area contributed by atoms with Gasteiger partial charge in [-0.15, -0.1) is 0 Å². The standard InChI is InChI=1S/C27H26BrFN4O3/c28-21-7-10-25(24(15-21)27(36)32-30-16-18-3-8-22(29)9-4-18)31-26(35)20-5-1-19(2-6-20)17-33-13-11-23(34)12-14-33/h1-10,15-16,23,34H,11-14,17H2,(H,31,35)(H,32,36). The number of carbonyl (C=O) groups is 2. The normalized spacial score (nSPS) is 14.6. The first-order valence-corrected chi connectivity index (χ1v) is 12.4. The van der Waals surface area contributed by atoms with E-state index >= 15 is 0 Å². The van der Waals surface area contributed by atoms with Gasteiger partial charge in [0.05, 0.1) is 23.6 Å². The molecule has 1 aliphatic heterocycles. The number of rotatable bonds is 7. The van der Waals surface area contributed by atoms with Gasteiger partial charge in [-0.3, -0.25) is 14.5 Å². The Bertz CT molecular complexity index is 1240. The zero-order chi connectivity index (χ0) is 25.5. The smallest absolute Gasteiger partial charge is 0.273 e. The maximum atomic E-state index is 13.0. The molecule has 9 heteroatoms. The van der Waals surface area contributed by atoms with Crippen molar-refractivity contribution < 1.29 is 19.1 Å². The van der Waals surface area contributed by atoms with Crippen LogP contribution in [0.1, 0.15) is 44.7 Å². The summed E-state index contributed by atoms with van der Waals surface area (Å²) in [4.78, 5) is 27.9. The summed E-state index contributed by atoms with van der Waals surface area (Å²) in [6.45, 7) is 2.47. The number of nitrogens with one attached hydrogen (secondary N) is 2. The summed E-state index contributed by atoms with van der Waals surface area (Å²) < 4.78 is 13.7. The Morgan fingerprint density at radius 1 is 1.03 bits per heavy atom. The van der Waals surface area contributed by atoms with Crippen LogP contribution in [0.25, 0.3) is 0 Å². The van der Waals surface area contributed by atoms with Crippen LogP contribution in [-0.4, -0.2) is 47.2 Å². The highest BCUT2D eigenvalue weighted by Crippen LogP contribution is 2.22. The molecule has 3 N–H and O–H groups in total. The van der Waals surface area contributed by atoms with Crippen molar-refractivity contribution in [2.75, 3.05) is 18.4 Å². The number of benzene rings is 3. The average molecular weight is 553 g/mol. The number of amides is 2. The lowest BCUT2D eigenvalue weighted by molar-refractivity contribution is 0.0792. The molecule has 3 aromatic rings. The largest absolute Gasteiger partial charge is 0.393 e. The highest BCUT2D eigenvalue weighted by atomic mass is 79.9. The summed E-state index contributed by atoms with van der Waals surface area (Å²) in [5.74, 6) is -1.20. The van der Waals surface area contributed by atoms with Gasteiger partial charge in [-0.2, -0.15) is 5.10 Å². The van der Waals surface area contributed by atoms with Crippen molar-refractivity contribution >= 4 is 39.6 Å². The lowest BCUT2D eigenvalue weighted by Gasteiger charge is -2.29. The zero-order valence-corrected chi connectivity index (χ0v) is 21.0.